The summed E-state index contributed by atoms with van der Waals surface area (Å²) in [4.78, 5) is 24.5. The van der Waals surface area contributed by atoms with Crippen molar-refractivity contribution in [2.75, 3.05) is 0 Å². The van der Waals surface area contributed by atoms with E-state index >= 15 is 0 Å². The summed E-state index contributed by atoms with van der Waals surface area (Å²) in [6.07, 6.45) is 0.710. The molecule has 0 bridgehead atoms. The van der Waals surface area contributed by atoms with Gasteiger partial charge in [0.2, 0.25) is 0 Å². The highest BCUT2D eigenvalue weighted by atomic mass is 16.2. The average molecular weight is 315 g/mol. The standard InChI is InChI=1S/C21H17NO2/c23-16(12-15-8-5-7-14-6-1-2-9-17(14)15)13-20-18-10-3-4-11-19(18)21(24)22-20/h1-11,20H,12-13H2,(H,22,24)/t20-/m0/s1. The van der Waals surface area contributed by atoms with Crippen LogP contribution in [0.25, 0.3) is 10.8 Å². The van der Waals surface area contributed by atoms with Gasteiger partial charge in [-0.1, -0.05) is 60.7 Å². The molecule has 1 atom stereocenters. The van der Waals surface area contributed by atoms with Crippen molar-refractivity contribution >= 4 is 22.5 Å². The lowest BCUT2D eigenvalue weighted by molar-refractivity contribution is -0.118. The normalized spacial score (nSPS) is 16.0. The van der Waals surface area contributed by atoms with E-state index in [2.05, 4.69) is 17.4 Å². The van der Waals surface area contributed by atoms with Gasteiger partial charge in [-0.3, -0.25) is 9.59 Å². The van der Waals surface area contributed by atoms with Gasteiger partial charge in [0.25, 0.3) is 5.91 Å². The topological polar surface area (TPSA) is 46.2 Å². The van der Waals surface area contributed by atoms with Gasteiger partial charge in [0, 0.05) is 18.4 Å². The first-order valence-corrected chi connectivity index (χ1v) is 8.10. The van der Waals surface area contributed by atoms with Gasteiger partial charge in [0.1, 0.15) is 5.78 Å². The number of rotatable bonds is 4. The second-order valence-electron chi connectivity index (χ2n) is 6.17. The predicted molar refractivity (Wildman–Crippen MR) is 93.9 cm³/mol. The fourth-order valence-electron chi connectivity index (χ4n) is 3.44. The molecule has 0 unspecified atom stereocenters. The number of amides is 1. The fraction of sp³-hybridized carbons (Fsp3) is 0.143. The van der Waals surface area contributed by atoms with Crippen molar-refractivity contribution in [1.29, 1.82) is 0 Å². The van der Waals surface area contributed by atoms with E-state index in [-0.39, 0.29) is 17.7 Å². The highest BCUT2D eigenvalue weighted by Gasteiger charge is 2.29. The average Bonchev–Trinajstić information content (AvgIpc) is 2.91. The van der Waals surface area contributed by atoms with Crippen molar-refractivity contribution in [3.8, 4) is 0 Å². The van der Waals surface area contributed by atoms with Gasteiger partial charge in [-0.05, 0) is 28.0 Å². The number of carbonyl (C=O) groups is 2. The van der Waals surface area contributed by atoms with Crippen LogP contribution >= 0.6 is 0 Å². The molecule has 3 nitrogen and oxygen atoms in total. The Balaban J connectivity index is 1.55. The van der Waals surface area contributed by atoms with Gasteiger partial charge in [-0.15, -0.1) is 0 Å². The van der Waals surface area contributed by atoms with E-state index in [1.54, 1.807) is 6.07 Å². The molecule has 1 heterocycles. The summed E-state index contributed by atoms with van der Waals surface area (Å²) >= 11 is 0. The SMILES string of the molecule is O=C(Cc1cccc2ccccc12)C[C@@H]1NC(=O)c2ccccc21. The fourth-order valence-corrected chi connectivity index (χ4v) is 3.44. The van der Waals surface area contributed by atoms with E-state index in [0.717, 1.165) is 21.9 Å². The zero-order chi connectivity index (χ0) is 16.5. The van der Waals surface area contributed by atoms with E-state index in [1.807, 2.05) is 48.5 Å². The van der Waals surface area contributed by atoms with Gasteiger partial charge in [-0.25, -0.2) is 0 Å². The smallest absolute Gasteiger partial charge is 0.252 e. The Morgan fingerprint density at radius 1 is 0.917 bits per heavy atom. The van der Waals surface area contributed by atoms with Crippen molar-refractivity contribution in [2.45, 2.75) is 18.9 Å². The number of fused-ring (bicyclic) bond motifs is 2. The molecule has 1 amide bonds. The summed E-state index contributed by atoms with van der Waals surface area (Å²) in [6, 6.07) is 21.4. The molecule has 0 aromatic heterocycles. The molecular formula is C21H17NO2. The number of carbonyl (C=O) groups excluding carboxylic acids is 2. The summed E-state index contributed by atoms with van der Waals surface area (Å²) in [5.74, 6) is 0.0434. The lowest BCUT2D eigenvalue weighted by Crippen LogP contribution is -2.22. The van der Waals surface area contributed by atoms with Crippen LogP contribution in [0.15, 0.2) is 66.7 Å². The molecule has 0 fully saturated rings. The summed E-state index contributed by atoms with van der Waals surface area (Å²) in [7, 11) is 0. The maximum atomic E-state index is 12.6. The van der Waals surface area contributed by atoms with Gasteiger partial charge in [-0.2, -0.15) is 0 Å². The third-order valence-electron chi connectivity index (χ3n) is 4.59. The van der Waals surface area contributed by atoms with E-state index in [4.69, 9.17) is 0 Å². The Morgan fingerprint density at radius 2 is 1.67 bits per heavy atom. The number of ketones is 1. The second-order valence-corrected chi connectivity index (χ2v) is 6.17. The number of benzene rings is 3. The first-order valence-electron chi connectivity index (χ1n) is 8.10. The molecular weight excluding hydrogens is 298 g/mol. The molecule has 0 saturated heterocycles. The van der Waals surface area contributed by atoms with Crippen molar-refractivity contribution in [2.24, 2.45) is 0 Å². The van der Waals surface area contributed by atoms with Gasteiger partial charge in [0.05, 0.1) is 6.04 Å². The Labute approximate surface area is 140 Å². The quantitative estimate of drug-likeness (QED) is 0.795. The lowest BCUT2D eigenvalue weighted by Gasteiger charge is -2.12. The summed E-state index contributed by atoms with van der Waals surface area (Å²) < 4.78 is 0. The molecule has 3 aromatic rings. The van der Waals surface area contributed by atoms with E-state index < -0.39 is 0 Å². The minimum absolute atomic E-state index is 0.0893. The van der Waals surface area contributed by atoms with Crippen LogP contribution in [0.1, 0.15) is 33.9 Å². The molecule has 0 spiro atoms. The van der Waals surface area contributed by atoms with Gasteiger partial charge >= 0.3 is 0 Å². The van der Waals surface area contributed by atoms with Crippen LogP contribution in [-0.2, 0) is 11.2 Å². The van der Waals surface area contributed by atoms with E-state index in [9.17, 15) is 9.59 Å². The first kappa shape index (κ1) is 14.6. The molecule has 3 aromatic carbocycles. The Kier molecular flexibility index (Phi) is 3.62. The largest absolute Gasteiger partial charge is 0.345 e. The molecule has 4 rings (SSSR count). The van der Waals surface area contributed by atoms with E-state index in [0.29, 0.717) is 18.4 Å². The van der Waals surface area contributed by atoms with Gasteiger partial charge < -0.3 is 5.32 Å². The number of hydrogen-bond acceptors (Lipinski definition) is 2. The monoisotopic (exact) mass is 315 g/mol. The zero-order valence-electron chi connectivity index (χ0n) is 13.2. The minimum Gasteiger partial charge on any atom is -0.345 e. The van der Waals surface area contributed by atoms with Crippen LogP contribution in [0.4, 0.5) is 0 Å². The first-order chi connectivity index (χ1) is 11.7. The highest BCUT2D eigenvalue weighted by Crippen LogP contribution is 2.28. The molecule has 0 saturated carbocycles. The molecule has 0 aliphatic carbocycles. The van der Waals surface area contributed by atoms with E-state index in [1.165, 1.54) is 0 Å². The van der Waals surface area contributed by atoms with Crippen molar-refractivity contribution in [3.63, 3.8) is 0 Å². The predicted octanol–water partition coefficient (Wildman–Crippen LogP) is 3.83. The molecule has 1 N–H and O–H groups in total. The van der Waals surface area contributed by atoms with Crippen LogP contribution in [0.5, 0.6) is 0 Å². The van der Waals surface area contributed by atoms with Crippen molar-refractivity contribution in [1.82, 2.24) is 5.32 Å². The summed E-state index contributed by atoms with van der Waals surface area (Å²) in [6.45, 7) is 0. The molecule has 24 heavy (non-hydrogen) atoms. The third kappa shape index (κ3) is 2.58. The Morgan fingerprint density at radius 3 is 2.58 bits per heavy atom. The minimum atomic E-state index is -0.212. The Bertz CT molecular complexity index is 940. The number of hydrogen-bond donors (Lipinski definition) is 1. The Hall–Kier alpha value is -2.94. The summed E-state index contributed by atoms with van der Waals surface area (Å²) in [5.41, 5.74) is 2.64. The number of nitrogens with one attached hydrogen (secondary N) is 1. The second kappa shape index (κ2) is 5.93. The van der Waals surface area contributed by atoms with Crippen LogP contribution < -0.4 is 5.32 Å². The number of Topliss-reactive ketones (excluding diaryl/α,β-unsaturated/α-hetero) is 1. The molecule has 3 heteroatoms. The maximum absolute atomic E-state index is 12.6. The zero-order valence-corrected chi connectivity index (χ0v) is 13.2. The summed E-state index contributed by atoms with van der Waals surface area (Å²) in [5, 5.41) is 5.17. The molecule has 1 aliphatic rings. The van der Waals surface area contributed by atoms with Gasteiger partial charge in [0.15, 0.2) is 0 Å². The van der Waals surface area contributed by atoms with Crippen LogP contribution in [0.3, 0.4) is 0 Å². The highest BCUT2D eigenvalue weighted by molar-refractivity contribution is 6.00. The van der Waals surface area contributed by atoms with Crippen molar-refractivity contribution in [3.05, 3.63) is 83.4 Å². The van der Waals surface area contributed by atoms with Crippen LogP contribution in [0, 0.1) is 0 Å². The molecule has 1 aliphatic heterocycles. The van der Waals surface area contributed by atoms with Crippen LogP contribution in [0.2, 0.25) is 0 Å². The third-order valence-corrected chi connectivity index (χ3v) is 4.59. The van der Waals surface area contributed by atoms with Crippen LogP contribution in [-0.4, -0.2) is 11.7 Å². The van der Waals surface area contributed by atoms with Crippen molar-refractivity contribution < 1.29 is 9.59 Å². The lowest BCUT2D eigenvalue weighted by atomic mass is 9.95. The molecule has 118 valence electrons. The maximum Gasteiger partial charge on any atom is 0.252 e. The molecule has 0 radical (unpaired) electrons.